The number of hydrogen-bond acceptors (Lipinski definition) is 2. The molecule has 1 atom stereocenters. The van der Waals surface area contributed by atoms with E-state index < -0.39 is 0 Å². The smallest absolute Gasteiger partial charge is 0.0578 e. The lowest BCUT2D eigenvalue weighted by molar-refractivity contribution is 0.278. The third kappa shape index (κ3) is 2.62. The van der Waals surface area contributed by atoms with Crippen LogP contribution in [0.2, 0.25) is 0 Å². The number of aryl methyl sites for hydroxylation is 1. The van der Waals surface area contributed by atoms with Gasteiger partial charge in [0.25, 0.3) is 0 Å². The molecule has 1 fully saturated rings. The van der Waals surface area contributed by atoms with Gasteiger partial charge in [0.1, 0.15) is 0 Å². The van der Waals surface area contributed by atoms with Gasteiger partial charge in [-0.1, -0.05) is 19.3 Å². The van der Waals surface area contributed by atoms with Crippen LogP contribution in [0.15, 0.2) is 18.3 Å². The summed E-state index contributed by atoms with van der Waals surface area (Å²) in [5.74, 6) is 0.771. The second kappa shape index (κ2) is 5.44. The molecule has 1 N–H and O–H groups in total. The van der Waals surface area contributed by atoms with Gasteiger partial charge in [-0.3, -0.25) is 4.98 Å². The highest BCUT2D eigenvalue weighted by Gasteiger charge is 2.24. The lowest BCUT2D eigenvalue weighted by Gasteiger charge is -2.29. The molecular formula is C14H22N2. The van der Waals surface area contributed by atoms with Gasteiger partial charge in [-0.05, 0) is 50.4 Å². The summed E-state index contributed by atoms with van der Waals surface area (Å²) in [4.78, 5) is 4.52. The van der Waals surface area contributed by atoms with Crippen molar-refractivity contribution in [2.24, 2.45) is 5.92 Å². The topological polar surface area (TPSA) is 24.9 Å². The maximum absolute atomic E-state index is 4.52. The van der Waals surface area contributed by atoms with Gasteiger partial charge in [0.15, 0.2) is 0 Å². The van der Waals surface area contributed by atoms with Crippen LogP contribution in [0.3, 0.4) is 0 Å². The molecule has 2 rings (SSSR count). The lowest BCUT2D eigenvalue weighted by atomic mass is 9.82. The van der Waals surface area contributed by atoms with Crippen molar-refractivity contribution in [3.8, 4) is 0 Å². The van der Waals surface area contributed by atoms with Crippen LogP contribution < -0.4 is 5.32 Å². The summed E-state index contributed by atoms with van der Waals surface area (Å²) in [6.45, 7) is 2.14. The minimum absolute atomic E-state index is 0.445. The molecule has 1 heterocycles. The molecule has 0 radical (unpaired) electrons. The predicted molar refractivity (Wildman–Crippen MR) is 67.3 cm³/mol. The standard InChI is InChI=1S/C14H22N2/c1-11-8-9-16-13(10-11)14(15-2)12-6-4-3-5-7-12/h8-10,12,14-15H,3-7H2,1-2H3. The van der Waals surface area contributed by atoms with Gasteiger partial charge in [-0.15, -0.1) is 0 Å². The Morgan fingerprint density at radius 1 is 1.31 bits per heavy atom. The third-order valence-electron chi connectivity index (χ3n) is 3.69. The zero-order valence-corrected chi connectivity index (χ0v) is 10.4. The van der Waals surface area contributed by atoms with E-state index in [1.807, 2.05) is 6.20 Å². The highest BCUT2D eigenvalue weighted by atomic mass is 14.9. The fourth-order valence-electron chi connectivity index (χ4n) is 2.82. The Morgan fingerprint density at radius 3 is 2.69 bits per heavy atom. The number of nitrogens with one attached hydrogen (secondary N) is 1. The molecular weight excluding hydrogens is 196 g/mol. The molecule has 1 aromatic rings. The SMILES string of the molecule is CNC(c1cc(C)ccn1)C1CCCCC1. The number of hydrogen-bond donors (Lipinski definition) is 1. The van der Waals surface area contributed by atoms with E-state index >= 15 is 0 Å². The average molecular weight is 218 g/mol. The molecule has 0 spiro atoms. The summed E-state index contributed by atoms with van der Waals surface area (Å²) < 4.78 is 0. The molecule has 1 aromatic heterocycles. The van der Waals surface area contributed by atoms with Crippen LogP contribution in [0.25, 0.3) is 0 Å². The Morgan fingerprint density at radius 2 is 2.06 bits per heavy atom. The van der Waals surface area contributed by atoms with Crippen LogP contribution in [0.1, 0.15) is 49.4 Å². The Hall–Kier alpha value is -0.890. The maximum atomic E-state index is 4.52. The molecule has 2 heteroatoms. The van der Waals surface area contributed by atoms with Crippen LogP contribution in [0.5, 0.6) is 0 Å². The number of aromatic nitrogens is 1. The van der Waals surface area contributed by atoms with Gasteiger partial charge in [0, 0.05) is 6.20 Å². The van der Waals surface area contributed by atoms with E-state index in [0.717, 1.165) is 5.92 Å². The predicted octanol–water partition coefficient (Wildman–Crippen LogP) is 3.23. The van der Waals surface area contributed by atoms with Crippen LogP contribution in [-0.4, -0.2) is 12.0 Å². The average Bonchev–Trinajstić information content (AvgIpc) is 2.31. The van der Waals surface area contributed by atoms with Crippen molar-refractivity contribution in [1.82, 2.24) is 10.3 Å². The molecule has 2 nitrogen and oxygen atoms in total. The molecule has 1 aliphatic rings. The van der Waals surface area contributed by atoms with E-state index in [-0.39, 0.29) is 0 Å². The van der Waals surface area contributed by atoms with Crippen LogP contribution in [-0.2, 0) is 0 Å². The third-order valence-corrected chi connectivity index (χ3v) is 3.69. The molecule has 16 heavy (non-hydrogen) atoms. The van der Waals surface area contributed by atoms with Gasteiger partial charge >= 0.3 is 0 Å². The molecule has 1 unspecified atom stereocenters. The van der Waals surface area contributed by atoms with E-state index in [4.69, 9.17) is 0 Å². The minimum atomic E-state index is 0.445. The summed E-state index contributed by atoms with van der Waals surface area (Å²) in [5.41, 5.74) is 2.52. The maximum Gasteiger partial charge on any atom is 0.0578 e. The van der Waals surface area contributed by atoms with Crippen molar-refractivity contribution in [3.63, 3.8) is 0 Å². The summed E-state index contributed by atoms with van der Waals surface area (Å²) in [6, 6.07) is 4.73. The zero-order valence-electron chi connectivity index (χ0n) is 10.4. The van der Waals surface area contributed by atoms with Gasteiger partial charge in [-0.25, -0.2) is 0 Å². The molecule has 1 saturated carbocycles. The van der Waals surface area contributed by atoms with E-state index in [1.165, 1.54) is 43.4 Å². The number of pyridine rings is 1. The number of rotatable bonds is 3. The fourth-order valence-corrected chi connectivity index (χ4v) is 2.82. The molecule has 0 bridgehead atoms. The molecule has 88 valence electrons. The van der Waals surface area contributed by atoms with Crippen molar-refractivity contribution in [3.05, 3.63) is 29.6 Å². The van der Waals surface area contributed by atoms with Crippen LogP contribution in [0.4, 0.5) is 0 Å². The van der Waals surface area contributed by atoms with Crippen molar-refractivity contribution in [2.75, 3.05) is 7.05 Å². The first-order valence-corrected chi connectivity index (χ1v) is 6.41. The first kappa shape index (κ1) is 11.6. The second-order valence-corrected chi connectivity index (χ2v) is 4.92. The van der Waals surface area contributed by atoms with Gasteiger partial charge in [0.2, 0.25) is 0 Å². The largest absolute Gasteiger partial charge is 0.311 e. The normalized spacial score (nSPS) is 19.6. The van der Waals surface area contributed by atoms with E-state index in [2.05, 4.69) is 36.4 Å². The van der Waals surface area contributed by atoms with Crippen molar-refractivity contribution >= 4 is 0 Å². The van der Waals surface area contributed by atoms with E-state index in [0.29, 0.717) is 6.04 Å². The molecule has 0 aliphatic heterocycles. The zero-order chi connectivity index (χ0) is 11.4. The highest BCUT2D eigenvalue weighted by Crippen LogP contribution is 2.33. The van der Waals surface area contributed by atoms with Gasteiger partial charge in [0.05, 0.1) is 11.7 Å². The van der Waals surface area contributed by atoms with E-state index in [9.17, 15) is 0 Å². The Balaban J connectivity index is 2.14. The summed E-state index contributed by atoms with van der Waals surface area (Å²) in [6.07, 6.45) is 8.80. The van der Waals surface area contributed by atoms with Crippen molar-refractivity contribution in [2.45, 2.75) is 45.1 Å². The summed E-state index contributed by atoms with van der Waals surface area (Å²) in [5, 5.41) is 3.45. The van der Waals surface area contributed by atoms with Gasteiger partial charge < -0.3 is 5.32 Å². The molecule has 0 aromatic carbocycles. The fraction of sp³-hybridized carbons (Fsp3) is 0.643. The Labute approximate surface area is 98.5 Å². The van der Waals surface area contributed by atoms with Crippen LogP contribution in [0, 0.1) is 12.8 Å². The minimum Gasteiger partial charge on any atom is -0.311 e. The summed E-state index contributed by atoms with van der Waals surface area (Å²) in [7, 11) is 2.06. The van der Waals surface area contributed by atoms with Crippen LogP contribution >= 0.6 is 0 Å². The Bertz CT molecular complexity index is 329. The first-order valence-electron chi connectivity index (χ1n) is 6.41. The van der Waals surface area contributed by atoms with E-state index in [1.54, 1.807) is 0 Å². The molecule has 1 aliphatic carbocycles. The Kier molecular flexibility index (Phi) is 3.94. The van der Waals surface area contributed by atoms with Crippen molar-refractivity contribution in [1.29, 1.82) is 0 Å². The molecule has 0 amide bonds. The second-order valence-electron chi connectivity index (χ2n) is 4.92. The van der Waals surface area contributed by atoms with Crippen molar-refractivity contribution < 1.29 is 0 Å². The first-order chi connectivity index (χ1) is 7.81. The number of nitrogens with zero attached hydrogens (tertiary/aromatic N) is 1. The molecule has 0 saturated heterocycles. The van der Waals surface area contributed by atoms with Gasteiger partial charge in [-0.2, -0.15) is 0 Å². The highest BCUT2D eigenvalue weighted by molar-refractivity contribution is 5.18. The monoisotopic (exact) mass is 218 g/mol. The lowest BCUT2D eigenvalue weighted by Crippen LogP contribution is -2.27. The summed E-state index contributed by atoms with van der Waals surface area (Å²) >= 11 is 0. The quantitative estimate of drug-likeness (QED) is 0.842.